The van der Waals surface area contributed by atoms with E-state index in [1.807, 2.05) is 25.2 Å². The van der Waals surface area contributed by atoms with Crippen LogP contribution in [0.1, 0.15) is 24.8 Å². The minimum absolute atomic E-state index is 0. The van der Waals surface area contributed by atoms with E-state index >= 15 is 0 Å². The van der Waals surface area contributed by atoms with Gasteiger partial charge in [0.2, 0.25) is 11.8 Å². The zero-order valence-electron chi connectivity index (χ0n) is 11.5. The van der Waals surface area contributed by atoms with Crippen molar-refractivity contribution < 1.29 is 9.59 Å². The fourth-order valence-electron chi connectivity index (χ4n) is 2.11. The molecule has 0 aromatic heterocycles. The van der Waals surface area contributed by atoms with E-state index in [1.165, 1.54) is 0 Å². The van der Waals surface area contributed by atoms with Gasteiger partial charge in [-0.25, -0.2) is 0 Å². The van der Waals surface area contributed by atoms with Gasteiger partial charge in [0.1, 0.15) is 0 Å². The van der Waals surface area contributed by atoms with Gasteiger partial charge in [0, 0.05) is 30.8 Å². The summed E-state index contributed by atoms with van der Waals surface area (Å²) >= 11 is 0. The lowest BCUT2D eigenvalue weighted by molar-refractivity contribution is -0.117. The summed E-state index contributed by atoms with van der Waals surface area (Å²) in [5.41, 5.74) is 2.73. The second-order valence-corrected chi connectivity index (χ2v) is 4.68. The molecule has 0 aliphatic carbocycles. The number of amides is 2. The fraction of sp³-hybridized carbons (Fsp3) is 0.429. The second kappa shape index (κ2) is 7.87. The monoisotopic (exact) mass is 297 g/mol. The van der Waals surface area contributed by atoms with Crippen LogP contribution in [0.15, 0.2) is 18.2 Å². The van der Waals surface area contributed by atoms with Gasteiger partial charge in [0.05, 0.1) is 0 Å². The van der Waals surface area contributed by atoms with Gasteiger partial charge in [-0.15, -0.1) is 12.4 Å². The van der Waals surface area contributed by atoms with Crippen LogP contribution in [0.3, 0.4) is 0 Å². The molecule has 1 aromatic carbocycles. The minimum atomic E-state index is -0.00745. The van der Waals surface area contributed by atoms with Gasteiger partial charge in [-0.2, -0.15) is 0 Å². The number of anilines is 2. The summed E-state index contributed by atoms with van der Waals surface area (Å²) in [5, 5.41) is 8.68. The van der Waals surface area contributed by atoms with Crippen LogP contribution in [0.4, 0.5) is 11.4 Å². The summed E-state index contributed by atoms with van der Waals surface area (Å²) in [4.78, 5) is 23.1. The summed E-state index contributed by atoms with van der Waals surface area (Å²) in [7, 11) is 1.82. The van der Waals surface area contributed by atoms with E-state index in [4.69, 9.17) is 0 Å². The molecule has 1 aliphatic rings. The Morgan fingerprint density at radius 3 is 2.90 bits per heavy atom. The number of hydrogen-bond donors (Lipinski definition) is 3. The van der Waals surface area contributed by atoms with Crippen molar-refractivity contribution in [1.29, 1.82) is 0 Å². The van der Waals surface area contributed by atoms with Crippen molar-refractivity contribution in [2.24, 2.45) is 0 Å². The number of benzene rings is 1. The first-order valence-electron chi connectivity index (χ1n) is 6.56. The molecule has 0 saturated heterocycles. The Balaban J connectivity index is 0.00000200. The highest BCUT2D eigenvalue weighted by Gasteiger charge is 2.13. The van der Waals surface area contributed by atoms with Gasteiger partial charge >= 0.3 is 0 Å². The lowest BCUT2D eigenvalue weighted by atomic mass is 10.1. The quantitative estimate of drug-likeness (QED) is 0.795. The first-order chi connectivity index (χ1) is 9.19. The van der Waals surface area contributed by atoms with Crippen LogP contribution < -0.4 is 16.0 Å². The van der Waals surface area contributed by atoms with E-state index in [0.717, 1.165) is 29.8 Å². The third kappa shape index (κ3) is 4.51. The smallest absolute Gasteiger partial charge is 0.225 e. The molecule has 2 amide bonds. The van der Waals surface area contributed by atoms with E-state index in [2.05, 4.69) is 16.0 Å². The minimum Gasteiger partial charge on any atom is -0.326 e. The summed E-state index contributed by atoms with van der Waals surface area (Å²) in [6, 6.07) is 5.62. The maximum absolute atomic E-state index is 11.6. The molecule has 0 unspecified atom stereocenters. The van der Waals surface area contributed by atoms with Crippen molar-refractivity contribution in [3.8, 4) is 0 Å². The SMILES string of the molecule is CNCCC(=O)Nc1ccc2c(c1)CCCC(=O)N2.Cl. The van der Waals surface area contributed by atoms with Crippen molar-refractivity contribution in [2.75, 3.05) is 24.2 Å². The number of aryl methyl sites for hydroxylation is 1. The van der Waals surface area contributed by atoms with Crippen molar-refractivity contribution in [3.05, 3.63) is 23.8 Å². The van der Waals surface area contributed by atoms with E-state index in [9.17, 15) is 9.59 Å². The molecule has 0 bridgehead atoms. The molecule has 0 radical (unpaired) electrons. The highest BCUT2D eigenvalue weighted by molar-refractivity contribution is 5.94. The number of halogens is 1. The van der Waals surface area contributed by atoms with Crippen molar-refractivity contribution >= 4 is 35.6 Å². The summed E-state index contributed by atoms with van der Waals surface area (Å²) in [6.07, 6.45) is 2.70. The Morgan fingerprint density at radius 1 is 1.35 bits per heavy atom. The molecule has 6 heteroatoms. The van der Waals surface area contributed by atoms with Gasteiger partial charge < -0.3 is 16.0 Å². The van der Waals surface area contributed by atoms with Crippen LogP contribution in [0.2, 0.25) is 0 Å². The molecule has 20 heavy (non-hydrogen) atoms. The van der Waals surface area contributed by atoms with Crippen LogP contribution in [0, 0.1) is 0 Å². The molecule has 110 valence electrons. The Labute approximate surface area is 124 Å². The average Bonchev–Trinajstić information content (AvgIpc) is 2.57. The third-order valence-corrected chi connectivity index (χ3v) is 3.12. The lowest BCUT2D eigenvalue weighted by Gasteiger charge is -2.10. The van der Waals surface area contributed by atoms with Gasteiger partial charge in [-0.3, -0.25) is 9.59 Å². The maximum atomic E-state index is 11.6. The number of nitrogens with one attached hydrogen (secondary N) is 3. The maximum Gasteiger partial charge on any atom is 0.225 e. The van der Waals surface area contributed by atoms with E-state index in [-0.39, 0.29) is 24.2 Å². The molecule has 0 saturated carbocycles. The normalized spacial score (nSPS) is 13.6. The molecular formula is C14H20ClN3O2. The Kier molecular flexibility index (Phi) is 6.48. The largest absolute Gasteiger partial charge is 0.326 e. The van der Waals surface area contributed by atoms with E-state index < -0.39 is 0 Å². The zero-order chi connectivity index (χ0) is 13.7. The fourth-order valence-corrected chi connectivity index (χ4v) is 2.11. The number of fused-ring (bicyclic) bond motifs is 1. The lowest BCUT2D eigenvalue weighted by Crippen LogP contribution is -2.18. The van der Waals surface area contributed by atoms with Gasteiger partial charge in [0.15, 0.2) is 0 Å². The van der Waals surface area contributed by atoms with Crippen molar-refractivity contribution in [2.45, 2.75) is 25.7 Å². The number of carbonyl (C=O) groups is 2. The molecule has 1 heterocycles. The predicted octanol–water partition coefficient (Wildman–Crippen LogP) is 1.93. The van der Waals surface area contributed by atoms with Crippen LogP contribution in [0.5, 0.6) is 0 Å². The number of carbonyl (C=O) groups excluding carboxylic acids is 2. The van der Waals surface area contributed by atoms with Gasteiger partial charge in [0.25, 0.3) is 0 Å². The Morgan fingerprint density at radius 2 is 2.15 bits per heavy atom. The average molecular weight is 298 g/mol. The molecule has 0 fully saturated rings. The topological polar surface area (TPSA) is 70.2 Å². The number of rotatable bonds is 4. The highest BCUT2D eigenvalue weighted by atomic mass is 35.5. The van der Waals surface area contributed by atoms with Crippen molar-refractivity contribution in [1.82, 2.24) is 5.32 Å². The molecule has 1 aliphatic heterocycles. The predicted molar refractivity (Wildman–Crippen MR) is 82.4 cm³/mol. The third-order valence-electron chi connectivity index (χ3n) is 3.12. The molecule has 5 nitrogen and oxygen atoms in total. The van der Waals surface area contributed by atoms with Crippen LogP contribution in [0.25, 0.3) is 0 Å². The molecule has 3 N–H and O–H groups in total. The first-order valence-corrected chi connectivity index (χ1v) is 6.56. The van der Waals surface area contributed by atoms with E-state index in [0.29, 0.717) is 19.4 Å². The second-order valence-electron chi connectivity index (χ2n) is 4.68. The van der Waals surface area contributed by atoms with Crippen LogP contribution >= 0.6 is 12.4 Å². The summed E-state index contributed by atoms with van der Waals surface area (Å²) in [5.74, 6) is 0.0523. The van der Waals surface area contributed by atoms with Gasteiger partial charge in [-0.05, 0) is 43.7 Å². The molecule has 1 aromatic rings. The molecule has 0 spiro atoms. The standard InChI is InChI=1S/C14H19N3O2.ClH/c1-15-8-7-14(19)16-11-5-6-12-10(9-11)3-2-4-13(18)17-12;/h5-6,9,15H,2-4,7-8H2,1H3,(H,16,19)(H,17,18);1H. The van der Waals surface area contributed by atoms with Crippen molar-refractivity contribution in [3.63, 3.8) is 0 Å². The van der Waals surface area contributed by atoms with Crippen LogP contribution in [-0.2, 0) is 16.0 Å². The summed E-state index contributed by atoms with van der Waals surface area (Å²) < 4.78 is 0. The molecule has 2 rings (SSSR count). The van der Waals surface area contributed by atoms with Gasteiger partial charge in [-0.1, -0.05) is 0 Å². The van der Waals surface area contributed by atoms with E-state index in [1.54, 1.807) is 0 Å². The molecule has 0 atom stereocenters. The molecular weight excluding hydrogens is 278 g/mol. The highest BCUT2D eigenvalue weighted by Crippen LogP contribution is 2.25. The summed E-state index contributed by atoms with van der Waals surface area (Å²) in [6.45, 7) is 0.660. The number of hydrogen-bond acceptors (Lipinski definition) is 3. The first kappa shape index (κ1) is 16.5. The van der Waals surface area contributed by atoms with Crippen LogP contribution in [-0.4, -0.2) is 25.4 Å². The zero-order valence-corrected chi connectivity index (χ0v) is 12.3. The Hall–Kier alpha value is -1.59. The Bertz CT molecular complexity index is 491.